The summed E-state index contributed by atoms with van der Waals surface area (Å²) < 4.78 is 2.82. The van der Waals surface area contributed by atoms with Gasteiger partial charge in [0.25, 0.3) is 0 Å². The highest BCUT2D eigenvalue weighted by atomic mass is 79.9. The van der Waals surface area contributed by atoms with Crippen molar-refractivity contribution in [3.05, 3.63) is 39.5 Å². The van der Waals surface area contributed by atoms with Gasteiger partial charge in [-0.1, -0.05) is 39.3 Å². The number of unbranched alkanes of at least 4 members (excludes halogenated alkanes) is 1. The number of aromatic amines is 1. The highest BCUT2D eigenvalue weighted by Crippen LogP contribution is 2.31. The van der Waals surface area contributed by atoms with Gasteiger partial charge in [-0.15, -0.1) is 12.3 Å². The molecule has 0 bridgehead atoms. The summed E-state index contributed by atoms with van der Waals surface area (Å²) in [5.74, 6) is 2.63. The number of rotatable bonds is 5. The van der Waals surface area contributed by atoms with E-state index in [1.165, 1.54) is 11.8 Å². The van der Waals surface area contributed by atoms with Gasteiger partial charge in [0.1, 0.15) is 5.52 Å². The first kappa shape index (κ1) is 17.1. The maximum Gasteiger partial charge on any atom is 0.173 e. The van der Waals surface area contributed by atoms with E-state index in [1.807, 2.05) is 22.8 Å². The zero-order valence-corrected chi connectivity index (χ0v) is 15.7. The standard InChI is InChI=1S/C16H13BrClN5S/c1-2-3-4-5-23-9-20-14(19)13-15(23)22-16(21-13)24-12-7-10(17)6-11(18)8-12/h1,6-9,19H,3-5H2,(H,21,22). The molecule has 0 fully saturated rings. The van der Waals surface area contributed by atoms with Gasteiger partial charge in [0.05, 0.1) is 6.33 Å². The second-order valence-electron chi connectivity index (χ2n) is 5.04. The molecule has 8 heteroatoms. The molecule has 0 aliphatic heterocycles. The van der Waals surface area contributed by atoms with E-state index in [0.717, 1.165) is 15.8 Å². The van der Waals surface area contributed by atoms with Crippen LogP contribution in [0.15, 0.2) is 39.1 Å². The van der Waals surface area contributed by atoms with Crippen LogP contribution in [0.2, 0.25) is 5.02 Å². The number of aryl methyl sites for hydroxylation is 1. The second-order valence-corrected chi connectivity index (χ2v) is 7.46. The average Bonchev–Trinajstić information content (AvgIpc) is 2.93. The molecule has 0 amide bonds. The van der Waals surface area contributed by atoms with Crippen molar-refractivity contribution in [3.63, 3.8) is 0 Å². The highest BCUT2D eigenvalue weighted by Gasteiger charge is 2.11. The highest BCUT2D eigenvalue weighted by molar-refractivity contribution is 9.10. The van der Waals surface area contributed by atoms with Gasteiger partial charge in [-0.05, 0) is 24.6 Å². The van der Waals surface area contributed by atoms with Crippen molar-refractivity contribution in [2.45, 2.75) is 29.4 Å². The molecule has 0 saturated carbocycles. The van der Waals surface area contributed by atoms with E-state index in [1.54, 1.807) is 6.33 Å². The summed E-state index contributed by atoms with van der Waals surface area (Å²) in [6, 6.07) is 5.66. The summed E-state index contributed by atoms with van der Waals surface area (Å²) in [7, 11) is 0. The molecular formula is C16H13BrClN5S. The smallest absolute Gasteiger partial charge is 0.173 e. The fourth-order valence-corrected chi connectivity index (χ4v) is 4.18. The van der Waals surface area contributed by atoms with Crippen LogP contribution in [0.25, 0.3) is 11.2 Å². The Labute approximate surface area is 156 Å². The Kier molecular flexibility index (Phi) is 5.29. The molecule has 0 atom stereocenters. The van der Waals surface area contributed by atoms with Crippen LogP contribution in [0.4, 0.5) is 0 Å². The number of halogens is 2. The Morgan fingerprint density at radius 1 is 1.42 bits per heavy atom. The van der Waals surface area contributed by atoms with Crippen molar-refractivity contribution in [2.75, 3.05) is 0 Å². The van der Waals surface area contributed by atoms with Crippen LogP contribution >= 0.6 is 39.3 Å². The molecule has 122 valence electrons. The monoisotopic (exact) mass is 421 g/mol. The third-order valence-electron chi connectivity index (χ3n) is 3.27. The minimum Gasteiger partial charge on any atom is -0.328 e. The number of terminal acetylenes is 1. The molecule has 2 aromatic heterocycles. The Balaban J connectivity index is 1.95. The van der Waals surface area contributed by atoms with Crippen molar-refractivity contribution in [2.24, 2.45) is 0 Å². The Morgan fingerprint density at radius 2 is 2.25 bits per heavy atom. The van der Waals surface area contributed by atoms with Crippen molar-refractivity contribution >= 4 is 50.5 Å². The molecule has 5 nitrogen and oxygen atoms in total. The van der Waals surface area contributed by atoms with E-state index >= 15 is 0 Å². The number of hydrogen-bond donors (Lipinski definition) is 2. The van der Waals surface area contributed by atoms with Crippen LogP contribution < -0.4 is 5.49 Å². The maximum atomic E-state index is 7.97. The lowest BCUT2D eigenvalue weighted by Gasteiger charge is -2.04. The van der Waals surface area contributed by atoms with Gasteiger partial charge >= 0.3 is 0 Å². The van der Waals surface area contributed by atoms with Gasteiger partial charge < -0.3 is 9.55 Å². The van der Waals surface area contributed by atoms with E-state index < -0.39 is 0 Å². The van der Waals surface area contributed by atoms with E-state index in [0.29, 0.717) is 34.3 Å². The van der Waals surface area contributed by atoms with Crippen molar-refractivity contribution < 1.29 is 0 Å². The quantitative estimate of drug-likeness (QED) is 0.478. The van der Waals surface area contributed by atoms with Crippen molar-refractivity contribution in [1.29, 1.82) is 5.41 Å². The zero-order chi connectivity index (χ0) is 17.1. The van der Waals surface area contributed by atoms with Gasteiger partial charge in [-0.3, -0.25) is 5.41 Å². The molecule has 3 rings (SSSR count). The molecule has 0 unspecified atom stereocenters. The SMILES string of the molecule is C#CCCCn1cnc(=N)c2[nH]c(Sc3cc(Cl)cc(Br)c3)nc21. The van der Waals surface area contributed by atoms with Gasteiger partial charge in [-0.25, -0.2) is 9.97 Å². The van der Waals surface area contributed by atoms with Crippen molar-refractivity contribution in [1.82, 2.24) is 19.5 Å². The van der Waals surface area contributed by atoms with Crippen LogP contribution in [0.3, 0.4) is 0 Å². The number of benzene rings is 1. The lowest BCUT2D eigenvalue weighted by molar-refractivity contribution is 0.653. The van der Waals surface area contributed by atoms with Crippen LogP contribution in [-0.2, 0) is 6.54 Å². The molecule has 3 aromatic rings. The van der Waals surface area contributed by atoms with E-state index in [-0.39, 0.29) is 5.49 Å². The van der Waals surface area contributed by atoms with E-state index in [2.05, 4.69) is 36.8 Å². The van der Waals surface area contributed by atoms with Gasteiger partial charge in [0, 0.05) is 27.4 Å². The minimum atomic E-state index is 0.171. The van der Waals surface area contributed by atoms with Crippen molar-refractivity contribution in [3.8, 4) is 12.3 Å². The third-order valence-corrected chi connectivity index (χ3v) is 4.80. The molecule has 1 aromatic carbocycles. The summed E-state index contributed by atoms with van der Waals surface area (Å²) in [6.07, 6.45) is 8.46. The summed E-state index contributed by atoms with van der Waals surface area (Å²) in [6.45, 7) is 0.714. The number of aromatic nitrogens is 4. The lowest BCUT2D eigenvalue weighted by atomic mass is 10.3. The fraction of sp³-hybridized carbons (Fsp3) is 0.188. The minimum absolute atomic E-state index is 0.171. The number of nitrogens with zero attached hydrogens (tertiary/aromatic N) is 3. The Hall–Kier alpha value is -1.75. The third kappa shape index (κ3) is 3.83. The molecular weight excluding hydrogens is 410 g/mol. The largest absolute Gasteiger partial charge is 0.328 e. The van der Waals surface area contributed by atoms with Gasteiger partial charge in [-0.2, -0.15) is 0 Å². The summed E-state index contributed by atoms with van der Waals surface area (Å²) >= 11 is 11.0. The predicted octanol–water partition coefficient (Wildman–Crippen LogP) is 4.22. The predicted molar refractivity (Wildman–Crippen MR) is 99.1 cm³/mol. The number of fused-ring (bicyclic) bond motifs is 1. The fourth-order valence-electron chi connectivity index (χ4n) is 2.22. The van der Waals surface area contributed by atoms with Crippen LogP contribution in [0.5, 0.6) is 0 Å². The Bertz CT molecular complexity index is 968. The van der Waals surface area contributed by atoms with Crippen LogP contribution in [-0.4, -0.2) is 19.5 Å². The first-order valence-electron chi connectivity index (χ1n) is 7.14. The Morgan fingerprint density at radius 3 is 3.00 bits per heavy atom. The van der Waals surface area contributed by atoms with E-state index in [4.69, 9.17) is 23.4 Å². The number of H-pyrrole nitrogens is 1. The number of imidazole rings is 1. The molecule has 24 heavy (non-hydrogen) atoms. The summed E-state index contributed by atoms with van der Waals surface area (Å²) in [5, 5.41) is 9.30. The molecule has 0 aliphatic carbocycles. The molecule has 0 spiro atoms. The van der Waals surface area contributed by atoms with Gasteiger partial charge in [0.15, 0.2) is 16.3 Å². The summed E-state index contributed by atoms with van der Waals surface area (Å²) in [4.78, 5) is 12.8. The summed E-state index contributed by atoms with van der Waals surface area (Å²) in [5.41, 5.74) is 1.49. The molecule has 0 radical (unpaired) electrons. The second kappa shape index (κ2) is 7.43. The first-order valence-corrected chi connectivity index (χ1v) is 9.13. The molecule has 2 heterocycles. The molecule has 0 saturated heterocycles. The van der Waals surface area contributed by atoms with Crippen LogP contribution in [0.1, 0.15) is 12.8 Å². The van der Waals surface area contributed by atoms with E-state index in [9.17, 15) is 0 Å². The first-order chi connectivity index (χ1) is 11.6. The molecule has 2 N–H and O–H groups in total. The molecule has 0 aliphatic rings. The van der Waals surface area contributed by atoms with Gasteiger partial charge in [0.2, 0.25) is 0 Å². The zero-order valence-electron chi connectivity index (χ0n) is 12.5. The van der Waals surface area contributed by atoms with Crippen LogP contribution in [0, 0.1) is 17.8 Å². The maximum absolute atomic E-state index is 7.97. The lowest BCUT2D eigenvalue weighted by Crippen LogP contribution is -2.12. The average molecular weight is 423 g/mol. The topological polar surface area (TPSA) is 70.3 Å². The number of nitrogens with one attached hydrogen (secondary N) is 2. The number of hydrogen-bond acceptors (Lipinski definition) is 4. The normalized spacial score (nSPS) is 10.9.